The molecular weight excluding hydrogens is 673 g/mol. The molecule has 0 bridgehead atoms. The zero-order valence-electron chi connectivity index (χ0n) is 35.5. The molecule has 0 aromatic heterocycles. The first-order valence-electron chi connectivity index (χ1n) is 22.6. The van der Waals surface area contributed by atoms with Crippen molar-refractivity contribution in [2.24, 2.45) is 0 Å². The second-order valence-corrected chi connectivity index (χ2v) is 14.9. The summed E-state index contributed by atoms with van der Waals surface area (Å²) in [6.45, 7) is 6.41. The number of carbonyl (C=O) groups is 3. The molecule has 0 N–H and O–H groups in total. The van der Waals surface area contributed by atoms with Crippen molar-refractivity contribution in [1.29, 1.82) is 0 Å². The Morgan fingerprint density at radius 2 is 0.722 bits per heavy atom. The third-order valence-electron chi connectivity index (χ3n) is 9.60. The van der Waals surface area contributed by atoms with Crippen LogP contribution in [0.5, 0.6) is 0 Å². The predicted octanol–water partition coefficient (Wildman–Crippen LogP) is 14.4. The molecule has 0 aliphatic rings. The summed E-state index contributed by atoms with van der Waals surface area (Å²) in [5.41, 5.74) is 0. The lowest BCUT2D eigenvalue weighted by molar-refractivity contribution is -0.167. The number of hydrogen-bond donors (Lipinski definition) is 0. The summed E-state index contributed by atoms with van der Waals surface area (Å²) in [6.07, 6.45) is 49.8. The van der Waals surface area contributed by atoms with E-state index < -0.39 is 6.10 Å². The van der Waals surface area contributed by atoms with Crippen LogP contribution in [0.25, 0.3) is 0 Å². The molecule has 0 rings (SSSR count). The number of carbonyl (C=O) groups excluding carboxylic acids is 3. The van der Waals surface area contributed by atoms with E-state index in [1.54, 1.807) is 0 Å². The number of rotatable bonds is 40. The van der Waals surface area contributed by atoms with Gasteiger partial charge >= 0.3 is 17.9 Å². The van der Waals surface area contributed by atoms with Crippen LogP contribution in [0.1, 0.15) is 220 Å². The molecular formula is C48H84O6. The Bertz CT molecular complexity index is 964. The first-order chi connectivity index (χ1) is 26.5. The van der Waals surface area contributed by atoms with Gasteiger partial charge in [0.25, 0.3) is 0 Å². The summed E-state index contributed by atoms with van der Waals surface area (Å²) in [4.78, 5) is 37.5. The molecule has 0 radical (unpaired) electrons. The van der Waals surface area contributed by atoms with Crippen molar-refractivity contribution in [3.63, 3.8) is 0 Å². The molecule has 1 atom stereocenters. The highest BCUT2D eigenvalue weighted by Gasteiger charge is 2.19. The number of esters is 3. The van der Waals surface area contributed by atoms with Gasteiger partial charge in [-0.1, -0.05) is 191 Å². The molecule has 0 aliphatic heterocycles. The van der Waals surface area contributed by atoms with E-state index in [1.165, 1.54) is 77.0 Å². The minimum Gasteiger partial charge on any atom is -0.462 e. The van der Waals surface area contributed by atoms with Gasteiger partial charge in [-0.2, -0.15) is 0 Å². The fraction of sp³-hybridized carbons (Fsp3) is 0.771. The van der Waals surface area contributed by atoms with Gasteiger partial charge in [0.2, 0.25) is 0 Å². The quantitative estimate of drug-likeness (QED) is 0.0268. The molecule has 0 heterocycles. The highest BCUT2D eigenvalue weighted by atomic mass is 16.6. The summed E-state index contributed by atoms with van der Waals surface area (Å²) in [7, 11) is 0. The van der Waals surface area contributed by atoms with Gasteiger partial charge in [0.15, 0.2) is 6.10 Å². The van der Waals surface area contributed by atoms with E-state index in [9.17, 15) is 14.4 Å². The van der Waals surface area contributed by atoms with Gasteiger partial charge in [0, 0.05) is 19.3 Å². The Balaban J connectivity index is 4.26. The van der Waals surface area contributed by atoms with Crippen LogP contribution in [-0.2, 0) is 28.6 Å². The topological polar surface area (TPSA) is 78.9 Å². The number of hydrogen-bond acceptors (Lipinski definition) is 6. The second-order valence-electron chi connectivity index (χ2n) is 14.9. The lowest BCUT2D eigenvalue weighted by Gasteiger charge is -2.18. The van der Waals surface area contributed by atoms with Crippen molar-refractivity contribution in [1.82, 2.24) is 0 Å². The van der Waals surface area contributed by atoms with E-state index in [-0.39, 0.29) is 31.1 Å². The maximum absolute atomic E-state index is 12.7. The normalized spacial score (nSPS) is 12.4. The molecule has 54 heavy (non-hydrogen) atoms. The third-order valence-corrected chi connectivity index (χ3v) is 9.60. The van der Waals surface area contributed by atoms with Crippen molar-refractivity contribution < 1.29 is 28.6 Å². The van der Waals surface area contributed by atoms with Crippen LogP contribution < -0.4 is 0 Å². The smallest absolute Gasteiger partial charge is 0.306 e. The van der Waals surface area contributed by atoms with E-state index in [0.717, 1.165) is 103 Å². The van der Waals surface area contributed by atoms with Crippen LogP contribution in [-0.4, -0.2) is 37.2 Å². The van der Waals surface area contributed by atoms with Crippen LogP contribution in [0.3, 0.4) is 0 Å². The summed E-state index contributed by atoms with van der Waals surface area (Å²) in [5, 5.41) is 0. The molecule has 6 nitrogen and oxygen atoms in total. The number of ether oxygens (including phenoxy) is 3. The summed E-state index contributed by atoms with van der Waals surface area (Å²) in [6, 6.07) is 0. The molecule has 0 spiro atoms. The second kappa shape index (κ2) is 43.1. The molecule has 6 heteroatoms. The van der Waals surface area contributed by atoms with E-state index in [1.807, 2.05) is 0 Å². The van der Waals surface area contributed by atoms with Crippen LogP contribution in [0, 0.1) is 0 Å². The van der Waals surface area contributed by atoms with Crippen molar-refractivity contribution in [3.05, 3.63) is 48.6 Å². The monoisotopic (exact) mass is 757 g/mol. The minimum atomic E-state index is -0.775. The first-order valence-corrected chi connectivity index (χ1v) is 22.6. The largest absolute Gasteiger partial charge is 0.462 e. The van der Waals surface area contributed by atoms with Crippen LogP contribution in [0.4, 0.5) is 0 Å². The molecule has 0 amide bonds. The third kappa shape index (κ3) is 40.6. The maximum atomic E-state index is 12.7. The Morgan fingerprint density at radius 1 is 0.389 bits per heavy atom. The predicted molar refractivity (Wildman–Crippen MR) is 229 cm³/mol. The van der Waals surface area contributed by atoms with Gasteiger partial charge in [0.05, 0.1) is 0 Å². The van der Waals surface area contributed by atoms with Crippen LogP contribution in [0.2, 0.25) is 0 Å². The van der Waals surface area contributed by atoms with Gasteiger partial charge in [-0.25, -0.2) is 0 Å². The Labute approximate surface area is 333 Å². The Morgan fingerprint density at radius 3 is 1.13 bits per heavy atom. The lowest BCUT2D eigenvalue weighted by atomic mass is 10.0. The number of unbranched alkanes of at least 4 members (excludes halogenated alkanes) is 21. The summed E-state index contributed by atoms with van der Waals surface area (Å²) >= 11 is 0. The van der Waals surface area contributed by atoms with Gasteiger partial charge in [-0.3, -0.25) is 14.4 Å². The number of allylic oxidation sites excluding steroid dienone is 8. The van der Waals surface area contributed by atoms with Gasteiger partial charge in [0.1, 0.15) is 13.2 Å². The Kier molecular flexibility index (Phi) is 41.0. The first kappa shape index (κ1) is 51.4. The van der Waals surface area contributed by atoms with Gasteiger partial charge in [-0.05, 0) is 57.8 Å². The zero-order chi connectivity index (χ0) is 39.4. The van der Waals surface area contributed by atoms with Crippen molar-refractivity contribution in [2.75, 3.05) is 13.2 Å². The molecule has 1 unspecified atom stereocenters. The molecule has 0 aromatic rings. The van der Waals surface area contributed by atoms with E-state index in [4.69, 9.17) is 14.2 Å². The molecule has 0 saturated heterocycles. The van der Waals surface area contributed by atoms with E-state index in [0.29, 0.717) is 19.3 Å². The van der Waals surface area contributed by atoms with Crippen LogP contribution in [0.15, 0.2) is 48.6 Å². The zero-order valence-corrected chi connectivity index (χ0v) is 35.5. The molecule has 0 aromatic carbocycles. The average molecular weight is 757 g/mol. The molecule has 0 saturated carbocycles. The molecule has 312 valence electrons. The minimum absolute atomic E-state index is 0.0805. The molecule has 0 aliphatic carbocycles. The standard InChI is InChI=1S/C48H84O6/c1-4-7-10-13-15-17-19-21-23-24-25-27-28-30-32-35-38-41-47(50)53-44-45(43-52-46(49)40-37-34-12-9-6-3)54-48(51)42-39-36-33-31-29-26-22-20-18-16-14-11-8-5-2/h7,10,15,17,21,23,25,27,45H,4-6,8-9,11-14,16,18-20,22,24,26,28-44H2,1-3H3/b10-7-,17-15-,23-21-,27-25-. The van der Waals surface area contributed by atoms with Gasteiger partial charge in [-0.15, -0.1) is 0 Å². The fourth-order valence-electron chi connectivity index (χ4n) is 6.20. The van der Waals surface area contributed by atoms with E-state index >= 15 is 0 Å². The SMILES string of the molecule is CC/C=C\C/C=C\C/C=C\C/C=C\CCCCCCC(=O)OCC(COC(=O)CCCCCCC)OC(=O)CCCCCCCCCCCCCCCC. The Hall–Kier alpha value is -2.63. The van der Waals surface area contributed by atoms with E-state index in [2.05, 4.69) is 69.4 Å². The molecule has 0 fully saturated rings. The van der Waals surface area contributed by atoms with Crippen molar-refractivity contribution >= 4 is 17.9 Å². The summed E-state index contributed by atoms with van der Waals surface area (Å²) in [5.74, 6) is -0.917. The van der Waals surface area contributed by atoms with Crippen LogP contribution >= 0.6 is 0 Å². The lowest BCUT2D eigenvalue weighted by Crippen LogP contribution is -2.30. The highest BCUT2D eigenvalue weighted by Crippen LogP contribution is 2.14. The van der Waals surface area contributed by atoms with Gasteiger partial charge < -0.3 is 14.2 Å². The highest BCUT2D eigenvalue weighted by molar-refractivity contribution is 5.71. The summed E-state index contributed by atoms with van der Waals surface area (Å²) < 4.78 is 16.6. The van der Waals surface area contributed by atoms with Crippen molar-refractivity contribution in [2.45, 2.75) is 226 Å². The average Bonchev–Trinajstić information content (AvgIpc) is 3.17. The van der Waals surface area contributed by atoms with Crippen molar-refractivity contribution in [3.8, 4) is 0 Å². The fourth-order valence-corrected chi connectivity index (χ4v) is 6.20. The maximum Gasteiger partial charge on any atom is 0.306 e.